The number of benzene rings is 1. The van der Waals surface area contributed by atoms with Crippen molar-refractivity contribution in [3.8, 4) is 0 Å². The van der Waals surface area contributed by atoms with Crippen LogP contribution in [-0.2, 0) is 20.8 Å². The van der Waals surface area contributed by atoms with Crippen molar-refractivity contribution in [2.24, 2.45) is 0 Å². The molecule has 0 saturated carbocycles. The molecule has 1 atom stereocenters. The van der Waals surface area contributed by atoms with Crippen LogP contribution in [0.15, 0.2) is 30.3 Å². The number of sulfone groups is 1. The number of hydrogen-bond donors (Lipinski definition) is 0. The fourth-order valence-electron chi connectivity index (χ4n) is 2.66. The maximum Gasteiger partial charge on any atom is 0.416 e. The van der Waals surface area contributed by atoms with Crippen molar-refractivity contribution in [2.75, 3.05) is 18.1 Å². The van der Waals surface area contributed by atoms with Crippen molar-refractivity contribution >= 4 is 21.8 Å². The molecule has 8 heteroatoms. The normalized spacial score (nSPS) is 20.4. The number of alkyl halides is 3. The first kappa shape index (κ1) is 18.5. The van der Waals surface area contributed by atoms with Crippen LogP contribution in [0.1, 0.15) is 24.5 Å². The quantitative estimate of drug-likeness (QED) is 0.775. The van der Waals surface area contributed by atoms with Crippen LogP contribution < -0.4 is 0 Å². The van der Waals surface area contributed by atoms with Crippen LogP contribution in [-0.4, -0.2) is 43.3 Å². The number of rotatable bonds is 4. The van der Waals surface area contributed by atoms with Gasteiger partial charge in [-0.2, -0.15) is 13.2 Å². The first-order valence-electron chi connectivity index (χ1n) is 7.49. The third-order valence-corrected chi connectivity index (χ3v) is 5.68. The van der Waals surface area contributed by atoms with Crippen LogP contribution in [0.5, 0.6) is 0 Å². The van der Waals surface area contributed by atoms with Crippen molar-refractivity contribution in [3.05, 3.63) is 41.5 Å². The molecule has 24 heavy (non-hydrogen) atoms. The third-order valence-electron chi connectivity index (χ3n) is 3.93. The van der Waals surface area contributed by atoms with E-state index in [9.17, 15) is 26.4 Å². The van der Waals surface area contributed by atoms with Gasteiger partial charge in [0, 0.05) is 18.7 Å². The van der Waals surface area contributed by atoms with Gasteiger partial charge in [-0.3, -0.25) is 4.79 Å². The molecule has 0 unspecified atom stereocenters. The van der Waals surface area contributed by atoms with Gasteiger partial charge in [-0.05, 0) is 37.1 Å². The van der Waals surface area contributed by atoms with Crippen molar-refractivity contribution in [3.63, 3.8) is 0 Å². The molecular weight excluding hydrogens is 343 g/mol. The Morgan fingerprint density at radius 2 is 1.92 bits per heavy atom. The lowest BCUT2D eigenvalue weighted by Crippen LogP contribution is -2.40. The van der Waals surface area contributed by atoms with Crippen molar-refractivity contribution in [1.29, 1.82) is 0 Å². The molecular formula is C16H18F3NO3S. The number of nitrogens with zero attached hydrogens (tertiary/aromatic N) is 1. The molecule has 1 amide bonds. The number of amides is 1. The minimum atomic E-state index is -4.40. The van der Waals surface area contributed by atoms with Gasteiger partial charge in [0.1, 0.15) is 0 Å². The first-order chi connectivity index (χ1) is 11.1. The molecule has 1 aromatic carbocycles. The van der Waals surface area contributed by atoms with E-state index in [-0.39, 0.29) is 23.5 Å². The van der Waals surface area contributed by atoms with Gasteiger partial charge in [0.05, 0.1) is 17.1 Å². The van der Waals surface area contributed by atoms with E-state index in [2.05, 4.69) is 0 Å². The summed E-state index contributed by atoms with van der Waals surface area (Å²) in [7, 11) is -3.09. The molecule has 1 aliphatic heterocycles. The van der Waals surface area contributed by atoms with Crippen LogP contribution >= 0.6 is 0 Å². The highest BCUT2D eigenvalue weighted by Crippen LogP contribution is 2.29. The van der Waals surface area contributed by atoms with Crippen LogP contribution in [0, 0.1) is 0 Å². The largest absolute Gasteiger partial charge is 0.416 e. The number of carbonyl (C=O) groups is 1. The monoisotopic (exact) mass is 361 g/mol. The lowest BCUT2D eigenvalue weighted by atomic mass is 10.1. The second kappa shape index (κ2) is 6.96. The molecule has 0 radical (unpaired) electrons. The summed E-state index contributed by atoms with van der Waals surface area (Å²) in [5, 5.41) is 0. The van der Waals surface area contributed by atoms with E-state index in [1.165, 1.54) is 29.2 Å². The Hall–Kier alpha value is -1.83. The van der Waals surface area contributed by atoms with E-state index < -0.39 is 21.6 Å². The second-order valence-electron chi connectivity index (χ2n) is 5.63. The van der Waals surface area contributed by atoms with Gasteiger partial charge in [0.15, 0.2) is 9.84 Å². The standard InChI is InChI=1S/C16H18F3NO3S/c1-2-20(14-9-10-24(22,23)11-14)15(21)8-5-12-3-6-13(7-4-12)16(17,18)19/h3-8,14H,2,9-11H2,1H3/b8-5+/t14-/m0/s1. The van der Waals surface area contributed by atoms with Crippen LogP contribution in [0.25, 0.3) is 6.08 Å². The van der Waals surface area contributed by atoms with E-state index in [1.807, 2.05) is 0 Å². The van der Waals surface area contributed by atoms with Crippen LogP contribution in [0.3, 0.4) is 0 Å². The van der Waals surface area contributed by atoms with Crippen molar-refractivity contribution in [1.82, 2.24) is 4.90 Å². The highest BCUT2D eigenvalue weighted by molar-refractivity contribution is 7.91. The summed E-state index contributed by atoms with van der Waals surface area (Å²) in [6.45, 7) is 2.13. The minimum absolute atomic E-state index is 0.0410. The fourth-order valence-corrected chi connectivity index (χ4v) is 4.39. The predicted octanol–water partition coefficient (Wildman–Crippen LogP) is 2.75. The highest BCUT2D eigenvalue weighted by atomic mass is 32.2. The number of likely N-dealkylation sites (N-methyl/N-ethyl adjacent to an activating group) is 1. The Morgan fingerprint density at radius 1 is 1.29 bits per heavy atom. The van der Waals surface area contributed by atoms with E-state index in [0.29, 0.717) is 18.5 Å². The molecule has 1 fully saturated rings. The first-order valence-corrected chi connectivity index (χ1v) is 9.31. The van der Waals surface area contributed by atoms with Crippen LogP contribution in [0.2, 0.25) is 0 Å². The molecule has 0 N–H and O–H groups in total. The lowest BCUT2D eigenvalue weighted by Gasteiger charge is -2.25. The second-order valence-corrected chi connectivity index (χ2v) is 7.86. The lowest BCUT2D eigenvalue weighted by molar-refractivity contribution is -0.137. The van der Waals surface area contributed by atoms with E-state index in [0.717, 1.165) is 12.1 Å². The van der Waals surface area contributed by atoms with Crippen LogP contribution in [0.4, 0.5) is 13.2 Å². The van der Waals surface area contributed by atoms with Gasteiger partial charge in [-0.1, -0.05) is 12.1 Å². The molecule has 0 aliphatic carbocycles. The molecule has 0 spiro atoms. The highest BCUT2D eigenvalue weighted by Gasteiger charge is 2.33. The Morgan fingerprint density at radius 3 is 2.38 bits per heavy atom. The minimum Gasteiger partial charge on any atom is -0.335 e. The zero-order valence-corrected chi connectivity index (χ0v) is 13.9. The van der Waals surface area contributed by atoms with Gasteiger partial charge in [-0.15, -0.1) is 0 Å². The molecule has 0 aromatic heterocycles. The topological polar surface area (TPSA) is 54.5 Å². The zero-order valence-electron chi connectivity index (χ0n) is 13.1. The summed E-state index contributed by atoms with van der Waals surface area (Å²) < 4.78 is 60.5. The molecule has 1 saturated heterocycles. The van der Waals surface area contributed by atoms with Crippen molar-refractivity contribution < 1.29 is 26.4 Å². The van der Waals surface area contributed by atoms with Gasteiger partial charge in [-0.25, -0.2) is 8.42 Å². The number of halogens is 3. The van der Waals surface area contributed by atoms with Gasteiger partial charge < -0.3 is 4.90 Å². The maximum atomic E-state index is 12.5. The summed E-state index contributed by atoms with van der Waals surface area (Å²) in [4.78, 5) is 13.7. The SMILES string of the molecule is CCN(C(=O)/C=C/c1ccc(C(F)(F)F)cc1)[C@H]1CCS(=O)(=O)C1. The number of hydrogen-bond acceptors (Lipinski definition) is 3. The van der Waals surface area contributed by atoms with Gasteiger partial charge in [0.2, 0.25) is 5.91 Å². The Kier molecular flexibility index (Phi) is 5.37. The molecule has 0 bridgehead atoms. The molecule has 132 valence electrons. The molecule has 1 aliphatic rings. The molecule has 1 aromatic rings. The third kappa shape index (κ3) is 4.59. The average Bonchev–Trinajstić information content (AvgIpc) is 2.85. The number of carbonyl (C=O) groups excluding carboxylic acids is 1. The van der Waals surface area contributed by atoms with E-state index >= 15 is 0 Å². The summed E-state index contributed by atoms with van der Waals surface area (Å²) in [6, 6.07) is 4.12. The summed E-state index contributed by atoms with van der Waals surface area (Å²) in [6.07, 6.45) is -1.30. The molecule has 4 nitrogen and oxygen atoms in total. The Balaban J connectivity index is 2.06. The van der Waals surface area contributed by atoms with E-state index in [4.69, 9.17) is 0 Å². The summed E-state index contributed by atoms with van der Waals surface area (Å²) in [5.41, 5.74) is -0.288. The zero-order chi connectivity index (χ0) is 18.0. The maximum absolute atomic E-state index is 12.5. The average molecular weight is 361 g/mol. The fraction of sp³-hybridized carbons (Fsp3) is 0.438. The van der Waals surface area contributed by atoms with Gasteiger partial charge in [0.25, 0.3) is 0 Å². The summed E-state index contributed by atoms with van der Waals surface area (Å²) >= 11 is 0. The van der Waals surface area contributed by atoms with Gasteiger partial charge >= 0.3 is 6.18 Å². The molecule has 2 rings (SSSR count). The molecule has 1 heterocycles. The van der Waals surface area contributed by atoms with Crippen molar-refractivity contribution in [2.45, 2.75) is 25.6 Å². The predicted molar refractivity (Wildman–Crippen MR) is 84.9 cm³/mol. The Bertz CT molecular complexity index is 724. The van der Waals surface area contributed by atoms with E-state index in [1.54, 1.807) is 6.92 Å². The Labute approximate surface area is 138 Å². The smallest absolute Gasteiger partial charge is 0.335 e. The summed E-state index contributed by atoms with van der Waals surface area (Å²) in [5.74, 6) is -0.315.